The molecule has 0 aliphatic carbocycles. The summed E-state index contributed by atoms with van der Waals surface area (Å²) in [5.74, 6) is -0.237. The number of carbonyl (C=O) groups excluding carboxylic acids is 1. The fraction of sp³-hybridized carbons (Fsp3) is 0.133. The molecule has 0 aliphatic heterocycles. The quantitative estimate of drug-likeness (QED) is 0.752. The van der Waals surface area contributed by atoms with Gasteiger partial charge in [-0.05, 0) is 5.56 Å². The monoisotopic (exact) mass is 244 g/mol. The van der Waals surface area contributed by atoms with Crippen molar-refractivity contribution in [1.82, 2.24) is 0 Å². The van der Waals surface area contributed by atoms with Crippen molar-refractivity contribution in [1.29, 1.82) is 0 Å². The van der Waals surface area contributed by atoms with E-state index < -0.39 is 13.0 Å². The molecule has 18 heavy (non-hydrogen) atoms. The molecule has 0 aliphatic rings. The number of alkyl halides is 1. The fourth-order valence-corrected chi connectivity index (χ4v) is 1.77. The third-order valence-electron chi connectivity index (χ3n) is 2.63. The minimum absolute atomic E-state index is 0.237. The Morgan fingerprint density at radius 1 is 1.00 bits per heavy atom. The molecule has 0 aromatic heterocycles. The highest BCUT2D eigenvalue weighted by molar-refractivity contribution is 6.00. The van der Waals surface area contributed by atoms with Gasteiger partial charge in [-0.1, -0.05) is 60.7 Å². The summed E-state index contributed by atoms with van der Waals surface area (Å²) in [6.07, 6.45) is -0.890. The molecule has 0 amide bonds. The van der Waals surface area contributed by atoms with E-state index in [4.69, 9.17) is 4.74 Å². The molecule has 0 fully saturated rings. The number of benzene rings is 2. The molecular formula is C15H13FO2. The average Bonchev–Trinajstić information content (AvgIpc) is 2.46. The van der Waals surface area contributed by atoms with Gasteiger partial charge in [-0.3, -0.25) is 4.79 Å². The van der Waals surface area contributed by atoms with Crippen LogP contribution in [0.15, 0.2) is 60.7 Å². The van der Waals surface area contributed by atoms with Crippen molar-refractivity contribution >= 4 is 5.78 Å². The van der Waals surface area contributed by atoms with Gasteiger partial charge in [0, 0.05) is 5.56 Å². The minimum atomic E-state index is -0.988. The van der Waals surface area contributed by atoms with Crippen molar-refractivity contribution in [2.24, 2.45) is 0 Å². The summed E-state index contributed by atoms with van der Waals surface area (Å²) in [7, 11) is 0. The van der Waals surface area contributed by atoms with E-state index in [1.807, 2.05) is 12.1 Å². The lowest BCUT2D eigenvalue weighted by molar-refractivity contribution is 0.00154. The van der Waals surface area contributed by atoms with Crippen LogP contribution < -0.4 is 0 Å². The molecule has 0 saturated heterocycles. The second-order valence-corrected chi connectivity index (χ2v) is 3.80. The molecule has 0 radical (unpaired) electrons. The van der Waals surface area contributed by atoms with E-state index in [2.05, 4.69) is 0 Å². The summed E-state index contributed by atoms with van der Waals surface area (Å²) < 4.78 is 17.4. The molecule has 0 N–H and O–H groups in total. The molecule has 0 bridgehead atoms. The molecule has 92 valence electrons. The van der Waals surface area contributed by atoms with Crippen LogP contribution in [0.3, 0.4) is 0 Å². The standard InChI is InChI=1S/C15H13FO2/c16-11-18-15(13-9-5-2-6-10-13)14(17)12-7-3-1-4-8-12/h1-10,15H,11H2. The van der Waals surface area contributed by atoms with Crippen LogP contribution >= 0.6 is 0 Å². The van der Waals surface area contributed by atoms with Gasteiger partial charge in [-0.25, -0.2) is 4.39 Å². The van der Waals surface area contributed by atoms with E-state index in [1.54, 1.807) is 48.5 Å². The molecule has 0 saturated carbocycles. The average molecular weight is 244 g/mol. The molecule has 0 heterocycles. The zero-order chi connectivity index (χ0) is 12.8. The number of halogens is 1. The first kappa shape index (κ1) is 12.5. The molecule has 1 atom stereocenters. The summed E-state index contributed by atoms with van der Waals surface area (Å²) in [5, 5.41) is 0. The van der Waals surface area contributed by atoms with E-state index in [-0.39, 0.29) is 5.78 Å². The first-order valence-corrected chi connectivity index (χ1v) is 5.64. The van der Waals surface area contributed by atoms with Crippen LogP contribution in [-0.2, 0) is 4.74 Å². The highest BCUT2D eigenvalue weighted by Gasteiger charge is 2.22. The van der Waals surface area contributed by atoms with Gasteiger partial charge in [0.1, 0.15) is 6.10 Å². The fourth-order valence-electron chi connectivity index (χ4n) is 1.77. The highest BCUT2D eigenvalue weighted by atomic mass is 19.1. The predicted molar refractivity (Wildman–Crippen MR) is 67.0 cm³/mol. The van der Waals surface area contributed by atoms with Gasteiger partial charge in [-0.15, -0.1) is 0 Å². The first-order valence-electron chi connectivity index (χ1n) is 5.64. The maximum Gasteiger partial charge on any atom is 0.196 e. The Morgan fingerprint density at radius 3 is 2.11 bits per heavy atom. The normalized spacial score (nSPS) is 12.1. The second-order valence-electron chi connectivity index (χ2n) is 3.80. The highest BCUT2D eigenvalue weighted by Crippen LogP contribution is 2.22. The van der Waals surface area contributed by atoms with Gasteiger partial charge in [0.15, 0.2) is 12.6 Å². The van der Waals surface area contributed by atoms with Gasteiger partial charge in [0.25, 0.3) is 0 Å². The number of rotatable bonds is 5. The summed E-state index contributed by atoms with van der Waals surface area (Å²) in [5.41, 5.74) is 1.17. The van der Waals surface area contributed by atoms with Crippen LogP contribution in [0.25, 0.3) is 0 Å². The molecule has 2 nitrogen and oxygen atoms in total. The van der Waals surface area contributed by atoms with Crippen molar-refractivity contribution in [3.8, 4) is 0 Å². The van der Waals surface area contributed by atoms with Crippen molar-refractivity contribution in [2.75, 3.05) is 6.86 Å². The number of ether oxygens (including phenoxy) is 1. The van der Waals surface area contributed by atoms with E-state index in [9.17, 15) is 9.18 Å². The first-order chi connectivity index (χ1) is 8.83. The number of ketones is 1. The number of carbonyl (C=O) groups is 1. The number of hydrogen-bond acceptors (Lipinski definition) is 2. The van der Waals surface area contributed by atoms with Crippen molar-refractivity contribution < 1.29 is 13.9 Å². The van der Waals surface area contributed by atoms with E-state index in [1.165, 1.54) is 0 Å². The summed E-state index contributed by atoms with van der Waals surface area (Å²) in [6.45, 7) is -0.988. The minimum Gasteiger partial charge on any atom is -0.334 e. The second kappa shape index (κ2) is 6.07. The Bertz CT molecular complexity index is 496. The molecule has 2 aromatic rings. The topological polar surface area (TPSA) is 26.3 Å². The van der Waals surface area contributed by atoms with Crippen molar-refractivity contribution in [3.05, 3.63) is 71.8 Å². The van der Waals surface area contributed by atoms with E-state index >= 15 is 0 Å². The van der Waals surface area contributed by atoms with Crippen molar-refractivity contribution in [3.63, 3.8) is 0 Å². The van der Waals surface area contributed by atoms with Crippen LogP contribution in [0.5, 0.6) is 0 Å². The Balaban J connectivity index is 2.29. The van der Waals surface area contributed by atoms with Crippen LogP contribution in [0.2, 0.25) is 0 Å². The Kier molecular flexibility index (Phi) is 4.20. The lowest BCUT2D eigenvalue weighted by Gasteiger charge is -2.15. The Labute approximate surface area is 105 Å². The molecule has 2 rings (SSSR count). The SMILES string of the molecule is O=C(c1ccccc1)C(OCF)c1ccccc1. The van der Waals surface area contributed by atoms with Gasteiger partial charge in [-0.2, -0.15) is 0 Å². The summed E-state index contributed by atoms with van der Waals surface area (Å²) in [4.78, 5) is 12.2. The van der Waals surface area contributed by atoms with Crippen LogP contribution in [0.1, 0.15) is 22.0 Å². The van der Waals surface area contributed by atoms with Gasteiger partial charge in [0.2, 0.25) is 0 Å². The summed E-state index contributed by atoms with van der Waals surface area (Å²) >= 11 is 0. The zero-order valence-corrected chi connectivity index (χ0v) is 9.75. The molecule has 3 heteroatoms. The summed E-state index contributed by atoms with van der Waals surface area (Å²) in [6, 6.07) is 17.7. The smallest absolute Gasteiger partial charge is 0.196 e. The Morgan fingerprint density at radius 2 is 1.56 bits per heavy atom. The largest absolute Gasteiger partial charge is 0.334 e. The van der Waals surface area contributed by atoms with Crippen LogP contribution in [0, 0.1) is 0 Å². The van der Waals surface area contributed by atoms with Crippen molar-refractivity contribution in [2.45, 2.75) is 6.10 Å². The third kappa shape index (κ3) is 2.81. The molecule has 2 aromatic carbocycles. The maximum atomic E-state index is 12.4. The lowest BCUT2D eigenvalue weighted by atomic mass is 10.00. The predicted octanol–water partition coefficient (Wildman–Crippen LogP) is 3.55. The molecule has 1 unspecified atom stereocenters. The van der Waals surface area contributed by atoms with Crippen LogP contribution in [-0.4, -0.2) is 12.6 Å². The van der Waals surface area contributed by atoms with Crippen LogP contribution in [0.4, 0.5) is 4.39 Å². The van der Waals surface area contributed by atoms with Gasteiger partial charge >= 0.3 is 0 Å². The lowest BCUT2D eigenvalue weighted by Crippen LogP contribution is -2.16. The van der Waals surface area contributed by atoms with E-state index in [0.29, 0.717) is 11.1 Å². The number of hydrogen-bond donors (Lipinski definition) is 0. The Hall–Kier alpha value is -2.00. The molecular weight excluding hydrogens is 231 g/mol. The maximum absolute atomic E-state index is 12.4. The zero-order valence-electron chi connectivity index (χ0n) is 9.75. The molecule has 0 spiro atoms. The van der Waals surface area contributed by atoms with E-state index in [0.717, 1.165) is 0 Å². The van der Waals surface area contributed by atoms with Gasteiger partial charge in [0.05, 0.1) is 0 Å². The van der Waals surface area contributed by atoms with Gasteiger partial charge < -0.3 is 4.74 Å². The number of Topliss-reactive ketones (excluding diaryl/α,β-unsaturated/α-hetero) is 1. The third-order valence-corrected chi connectivity index (χ3v) is 2.63.